The van der Waals surface area contributed by atoms with E-state index in [2.05, 4.69) is 4.98 Å². The van der Waals surface area contributed by atoms with Gasteiger partial charge in [-0.05, 0) is 12.1 Å². The van der Waals surface area contributed by atoms with E-state index in [0.717, 1.165) is 11.3 Å². The van der Waals surface area contributed by atoms with Crippen LogP contribution in [0.4, 0.5) is 18.3 Å². The van der Waals surface area contributed by atoms with Gasteiger partial charge in [0, 0.05) is 4.90 Å². The lowest BCUT2D eigenvalue weighted by Gasteiger charge is -2.06. The fraction of sp³-hybridized carbons (Fsp3) is 0.222. The van der Waals surface area contributed by atoms with Crippen molar-refractivity contribution in [2.45, 2.75) is 11.1 Å². The van der Waals surface area contributed by atoms with Gasteiger partial charge in [-0.25, -0.2) is 4.98 Å². The summed E-state index contributed by atoms with van der Waals surface area (Å²) in [4.78, 5) is 4.22. The van der Waals surface area contributed by atoms with Gasteiger partial charge in [0.05, 0.1) is 10.5 Å². The van der Waals surface area contributed by atoms with Crippen molar-refractivity contribution in [3.63, 3.8) is 0 Å². The van der Waals surface area contributed by atoms with Gasteiger partial charge in [-0.15, -0.1) is 11.8 Å². The molecule has 2 aromatic rings. The predicted molar refractivity (Wildman–Crippen MR) is 62.5 cm³/mol. The largest absolute Gasteiger partial charge is 0.506 e. The van der Waals surface area contributed by atoms with E-state index in [9.17, 15) is 18.3 Å². The predicted octanol–water partition coefficient (Wildman–Crippen LogP) is 3.24. The highest BCUT2D eigenvalue weighted by molar-refractivity contribution is 7.99. The van der Waals surface area contributed by atoms with Crippen molar-refractivity contribution in [2.24, 2.45) is 0 Å². The first kappa shape index (κ1) is 12.3. The summed E-state index contributed by atoms with van der Waals surface area (Å²) in [6, 6.07) is 2.80. The van der Waals surface area contributed by atoms with Crippen LogP contribution in [0.25, 0.3) is 10.2 Å². The number of thiazole rings is 1. The van der Waals surface area contributed by atoms with E-state index in [4.69, 9.17) is 5.73 Å². The molecule has 0 unspecified atom stereocenters. The number of hydrogen-bond acceptors (Lipinski definition) is 5. The summed E-state index contributed by atoms with van der Waals surface area (Å²) in [5.74, 6) is -1.15. The molecule has 0 aliphatic rings. The number of aromatic hydroxyl groups is 1. The SMILES string of the molecule is Nc1nc2c(O)cc(SCC(F)(F)F)cc2s1. The molecule has 0 saturated heterocycles. The number of phenols is 1. The summed E-state index contributed by atoms with van der Waals surface area (Å²) in [6.07, 6.45) is -4.23. The van der Waals surface area contributed by atoms with Crippen molar-refractivity contribution >= 4 is 38.4 Å². The first-order valence-electron chi connectivity index (χ1n) is 4.44. The van der Waals surface area contributed by atoms with Gasteiger partial charge in [-0.3, -0.25) is 0 Å². The maximum absolute atomic E-state index is 12.0. The second-order valence-electron chi connectivity index (χ2n) is 3.25. The Morgan fingerprint density at radius 2 is 2.12 bits per heavy atom. The second kappa shape index (κ2) is 4.26. The molecule has 8 heteroatoms. The number of anilines is 1. The molecular weight excluding hydrogens is 273 g/mol. The van der Waals surface area contributed by atoms with E-state index in [-0.39, 0.29) is 10.9 Å². The zero-order chi connectivity index (χ0) is 12.6. The standard InChI is InChI=1S/C9H7F3N2OS2/c10-9(11,12)3-16-4-1-5(15)7-6(2-4)17-8(13)14-7/h1-2,15H,3H2,(H2,13,14). The van der Waals surface area contributed by atoms with E-state index in [1.807, 2.05) is 0 Å². The molecule has 3 nitrogen and oxygen atoms in total. The maximum Gasteiger partial charge on any atom is 0.398 e. The number of nitrogens with zero attached hydrogens (tertiary/aromatic N) is 1. The number of aromatic nitrogens is 1. The van der Waals surface area contributed by atoms with Gasteiger partial charge in [0.15, 0.2) is 5.13 Å². The molecule has 0 amide bonds. The van der Waals surface area contributed by atoms with Crippen molar-refractivity contribution in [1.29, 1.82) is 0 Å². The molecular formula is C9H7F3N2OS2. The molecule has 17 heavy (non-hydrogen) atoms. The number of phenolic OH excluding ortho intramolecular Hbond substituents is 1. The normalized spacial score (nSPS) is 12.2. The molecule has 0 fully saturated rings. The lowest BCUT2D eigenvalue weighted by Crippen LogP contribution is -2.10. The van der Waals surface area contributed by atoms with Crippen LogP contribution in [0.15, 0.2) is 17.0 Å². The smallest absolute Gasteiger partial charge is 0.398 e. The number of fused-ring (bicyclic) bond motifs is 1. The number of thioether (sulfide) groups is 1. The van der Waals surface area contributed by atoms with Crippen LogP contribution in [0.3, 0.4) is 0 Å². The maximum atomic E-state index is 12.0. The number of alkyl halides is 3. The Labute approximate surface area is 102 Å². The zero-order valence-corrected chi connectivity index (χ0v) is 9.92. The van der Waals surface area contributed by atoms with Gasteiger partial charge in [-0.1, -0.05) is 11.3 Å². The van der Waals surface area contributed by atoms with Gasteiger partial charge < -0.3 is 10.8 Å². The minimum absolute atomic E-state index is 0.153. The second-order valence-corrected chi connectivity index (χ2v) is 5.36. The molecule has 0 aliphatic carbocycles. The van der Waals surface area contributed by atoms with Crippen molar-refractivity contribution in [3.8, 4) is 5.75 Å². The quantitative estimate of drug-likeness (QED) is 0.829. The topological polar surface area (TPSA) is 59.1 Å². The summed E-state index contributed by atoms with van der Waals surface area (Å²) in [6.45, 7) is 0. The molecule has 0 radical (unpaired) electrons. The van der Waals surface area contributed by atoms with Crippen LogP contribution in [0.2, 0.25) is 0 Å². The van der Waals surface area contributed by atoms with Crippen LogP contribution in [0.5, 0.6) is 5.75 Å². The van der Waals surface area contributed by atoms with Gasteiger partial charge >= 0.3 is 6.18 Å². The molecule has 2 rings (SSSR count). The number of hydrogen-bond donors (Lipinski definition) is 2. The summed E-state index contributed by atoms with van der Waals surface area (Å²) < 4.78 is 36.7. The van der Waals surface area contributed by atoms with Crippen LogP contribution in [0, 0.1) is 0 Å². The van der Waals surface area contributed by atoms with Gasteiger partial charge in [-0.2, -0.15) is 13.2 Å². The Hall–Kier alpha value is -1.15. The van der Waals surface area contributed by atoms with E-state index >= 15 is 0 Å². The average Bonchev–Trinajstić information content (AvgIpc) is 2.55. The van der Waals surface area contributed by atoms with Crippen molar-refractivity contribution in [3.05, 3.63) is 12.1 Å². The number of benzene rings is 1. The lowest BCUT2D eigenvalue weighted by molar-refractivity contribution is -0.105. The monoisotopic (exact) mass is 280 g/mol. The molecule has 1 aromatic heterocycles. The fourth-order valence-electron chi connectivity index (χ4n) is 1.25. The van der Waals surface area contributed by atoms with Crippen LogP contribution in [0.1, 0.15) is 0 Å². The Bertz CT molecular complexity index is 553. The first-order valence-corrected chi connectivity index (χ1v) is 6.24. The molecule has 1 aromatic carbocycles. The van der Waals surface area contributed by atoms with Gasteiger partial charge in [0.2, 0.25) is 0 Å². The summed E-state index contributed by atoms with van der Waals surface area (Å²) >= 11 is 1.74. The van der Waals surface area contributed by atoms with Crippen LogP contribution in [-0.2, 0) is 0 Å². The Balaban J connectivity index is 2.30. The molecule has 0 atom stereocenters. The summed E-state index contributed by atoms with van der Waals surface area (Å²) in [5.41, 5.74) is 5.79. The Kier molecular flexibility index (Phi) is 3.09. The van der Waals surface area contributed by atoms with Crippen LogP contribution >= 0.6 is 23.1 Å². The third kappa shape index (κ3) is 2.95. The highest BCUT2D eigenvalue weighted by Crippen LogP contribution is 2.36. The summed E-state index contributed by atoms with van der Waals surface area (Å²) in [5, 5.41) is 9.86. The lowest BCUT2D eigenvalue weighted by atomic mass is 10.3. The molecule has 0 saturated carbocycles. The number of rotatable bonds is 2. The van der Waals surface area contributed by atoms with E-state index in [1.165, 1.54) is 6.07 Å². The highest BCUT2D eigenvalue weighted by atomic mass is 32.2. The van der Waals surface area contributed by atoms with E-state index < -0.39 is 11.9 Å². The molecule has 3 N–H and O–H groups in total. The van der Waals surface area contributed by atoms with Crippen molar-refractivity contribution < 1.29 is 18.3 Å². The molecule has 0 bridgehead atoms. The van der Waals surface area contributed by atoms with E-state index in [1.54, 1.807) is 6.07 Å². The molecule has 1 heterocycles. The van der Waals surface area contributed by atoms with Gasteiger partial charge in [0.25, 0.3) is 0 Å². The van der Waals surface area contributed by atoms with Crippen molar-refractivity contribution in [1.82, 2.24) is 4.98 Å². The summed E-state index contributed by atoms with van der Waals surface area (Å²) in [7, 11) is 0. The number of halogens is 3. The minimum Gasteiger partial charge on any atom is -0.506 e. The molecule has 92 valence electrons. The molecule has 0 aliphatic heterocycles. The van der Waals surface area contributed by atoms with E-state index in [0.29, 0.717) is 26.9 Å². The number of nitrogens with two attached hydrogens (primary N) is 1. The third-order valence-electron chi connectivity index (χ3n) is 1.87. The highest BCUT2D eigenvalue weighted by Gasteiger charge is 2.27. The van der Waals surface area contributed by atoms with Crippen molar-refractivity contribution in [2.75, 3.05) is 11.5 Å². The van der Waals surface area contributed by atoms with Crippen LogP contribution in [-0.4, -0.2) is 22.0 Å². The van der Waals surface area contributed by atoms with Crippen LogP contribution < -0.4 is 5.73 Å². The first-order chi connectivity index (χ1) is 7.85. The van der Waals surface area contributed by atoms with Gasteiger partial charge in [0.1, 0.15) is 11.3 Å². The Morgan fingerprint density at radius 3 is 2.76 bits per heavy atom. The average molecular weight is 280 g/mol. The third-order valence-corrected chi connectivity index (χ3v) is 3.74. The molecule has 0 spiro atoms. The minimum atomic E-state index is -4.23. The fourth-order valence-corrected chi connectivity index (χ4v) is 2.85. The zero-order valence-electron chi connectivity index (χ0n) is 8.28. The Morgan fingerprint density at radius 1 is 1.41 bits per heavy atom. The number of nitrogen functional groups attached to an aromatic ring is 1.